The second-order valence-corrected chi connectivity index (χ2v) is 17.0. The van der Waals surface area contributed by atoms with Crippen molar-refractivity contribution in [3.05, 3.63) is 215 Å². The standard InChI is InChI=1S/C56H44N2/c1-55(2)49-34-38(24-23-37-25-27-40-35-43(29-28-39(40)33-37)57(41-15-7-5-8-16-41)42-17-9-6-10-18-42)26-31-47(49)53-54(55)48-32-30-44(36-50(48)56(53,3)4)58-51-21-13-11-19-45(51)46-20-12-14-22-52(46)58/h5-36H,1-4H3/b24-23+. The summed E-state index contributed by atoms with van der Waals surface area (Å²) in [5.74, 6) is 0. The van der Waals surface area contributed by atoms with E-state index in [-0.39, 0.29) is 10.8 Å². The highest BCUT2D eigenvalue weighted by atomic mass is 15.1. The topological polar surface area (TPSA) is 8.17 Å². The molecule has 1 heterocycles. The molecule has 0 fully saturated rings. The lowest BCUT2D eigenvalue weighted by Gasteiger charge is -2.28. The first-order valence-corrected chi connectivity index (χ1v) is 20.4. The number of para-hydroxylation sites is 4. The van der Waals surface area contributed by atoms with Crippen molar-refractivity contribution in [3.63, 3.8) is 0 Å². The molecule has 11 rings (SSSR count). The average molecular weight is 745 g/mol. The number of aromatic nitrogens is 1. The fourth-order valence-corrected chi connectivity index (χ4v) is 10.1. The summed E-state index contributed by atoms with van der Waals surface area (Å²) in [5.41, 5.74) is 17.9. The first-order valence-electron chi connectivity index (χ1n) is 20.4. The van der Waals surface area contributed by atoms with E-state index in [9.17, 15) is 0 Å². The Bertz CT molecular complexity index is 3060. The Balaban J connectivity index is 0.898. The van der Waals surface area contributed by atoms with Gasteiger partial charge < -0.3 is 9.47 Å². The van der Waals surface area contributed by atoms with Crippen LogP contribution in [0.5, 0.6) is 0 Å². The van der Waals surface area contributed by atoms with Crippen LogP contribution in [-0.2, 0) is 10.8 Å². The molecule has 0 amide bonds. The van der Waals surface area contributed by atoms with Crippen molar-refractivity contribution in [1.82, 2.24) is 4.57 Å². The summed E-state index contributed by atoms with van der Waals surface area (Å²) in [6, 6.07) is 66.6. The van der Waals surface area contributed by atoms with Gasteiger partial charge in [-0.15, -0.1) is 0 Å². The number of hydrogen-bond acceptors (Lipinski definition) is 1. The summed E-state index contributed by atoms with van der Waals surface area (Å²) < 4.78 is 2.44. The van der Waals surface area contributed by atoms with Gasteiger partial charge in [-0.1, -0.05) is 155 Å². The highest BCUT2D eigenvalue weighted by Crippen LogP contribution is 2.62. The maximum atomic E-state index is 2.46. The van der Waals surface area contributed by atoms with Crippen LogP contribution in [-0.4, -0.2) is 4.57 Å². The Kier molecular flexibility index (Phi) is 7.59. The summed E-state index contributed by atoms with van der Waals surface area (Å²) in [6.07, 6.45) is 4.53. The van der Waals surface area contributed by atoms with Gasteiger partial charge in [0.05, 0.1) is 11.0 Å². The van der Waals surface area contributed by atoms with Crippen LogP contribution >= 0.6 is 0 Å². The number of anilines is 3. The zero-order valence-corrected chi connectivity index (χ0v) is 33.4. The van der Waals surface area contributed by atoms with Crippen molar-refractivity contribution in [2.45, 2.75) is 38.5 Å². The Morgan fingerprint density at radius 1 is 0.414 bits per heavy atom. The second-order valence-electron chi connectivity index (χ2n) is 17.0. The highest BCUT2D eigenvalue weighted by Gasteiger charge is 2.49. The summed E-state index contributed by atoms with van der Waals surface area (Å²) in [6.45, 7) is 9.68. The second kappa shape index (κ2) is 12.8. The molecule has 2 aliphatic carbocycles. The van der Waals surface area contributed by atoms with Gasteiger partial charge in [0, 0.05) is 44.4 Å². The largest absolute Gasteiger partial charge is 0.310 e. The van der Waals surface area contributed by atoms with Gasteiger partial charge in [0.2, 0.25) is 0 Å². The van der Waals surface area contributed by atoms with Crippen molar-refractivity contribution >= 4 is 72.9 Å². The van der Waals surface area contributed by atoms with E-state index in [4.69, 9.17) is 0 Å². The molecular weight excluding hydrogens is 701 g/mol. The molecule has 0 N–H and O–H groups in total. The maximum Gasteiger partial charge on any atom is 0.0541 e. The van der Waals surface area contributed by atoms with E-state index in [1.807, 2.05) is 0 Å². The molecule has 0 radical (unpaired) electrons. The molecule has 8 aromatic carbocycles. The third-order valence-corrected chi connectivity index (χ3v) is 12.9. The number of benzene rings is 8. The molecule has 0 aliphatic heterocycles. The van der Waals surface area contributed by atoms with Crippen molar-refractivity contribution in [2.75, 3.05) is 4.90 Å². The minimum absolute atomic E-state index is 0.126. The first-order chi connectivity index (χ1) is 28.3. The maximum absolute atomic E-state index is 2.46. The van der Waals surface area contributed by atoms with Crippen LogP contribution in [0.2, 0.25) is 0 Å². The third kappa shape index (κ3) is 5.18. The number of rotatable bonds is 6. The normalized spacial score (nSPS) is 15.0. The Hall–Kier alpha value is -6.90. The van der Waals surface area contributed by atoms with E-state index in [1.54, 1.807) is 0 Å². The van der Waals surface area contributed by atoms with Crippen LogP contribution in [0.4, 0.5) is 17.1 Å². The molecule has 0 spiro atoms. The third-order valence-electron chi connectivity index (χ3n) is 12.9. The molecule has 2 heteroatoms. The van der Waals surface area contributed by atoms with Crippen LogP contribution in [0.25, 0.3) is 61.6 Å². The molecular formula is C56H44N2. The van der Waals surface area contributed by atoms with E-state index in [0.717, 1.165) is 17.1 Å². The fraction of sp³-hybridized carbons (Fsp3) is 0.107. The van der Waals surface area contributed by atoms with Gasteiger partial charge in [-0.2, -0.15) is 0 Å². The number of hydrogen-bond donors (Lipinski definition) is 0. The SMILES string of the molecule is CC1(C)C2=C(c3ccc(/C=C/c4ccc5cc(N(c6ccccc6)c6ccccc6)ccc5c4)cc31)C(C)(C)c1cc(-n3c4ccccc4c4ccccc43)ccc12. The lowest BCUT2D eigenvalue weighted by molar-refractivity contribution is 0.693. The van der Waals surface area contributed by atoms with Gasteiger partial charge in [-0.3, -0.25) is 0 Å². The van der Waals surface area contributed by atoms with Crippen molar-refractivity contribution in [1.29, 1.82) is 0 Å². The summed E-state index contributed by atoms with van der Waals surface area (Å²) >= 11 is 0. The van der Waals surface area contributed by atoms with Crippen LogP contribution in [0.15, 0.2) is 182 Å². The van der Waals surface area contributed by atoms with E-state index in [2.05, 4.69) is 231 Å². The van der Waals surface area contributed by atoms with E-state index < -0.39 is 0 Å². The quantitative estimate of drug-likeness (QED) is 0.154. The van der Waals surface area contributed by atoms with Gasteiger partial charge in [0.1, 0.15) is 0 Å². The molecule has 2 aliphatic rings. The fourth-order valence-electron chi connectivity index (χ4n) is 10.1. The average Bonchev–Trinajstić information content (AvgIpc) is 3.81. The predicted octanol–water partition coefficient (Wildman–Crippen LogP) is 15.1. The lowest BCUT2D eigenvalue weighted by atomic mass is 9.75. The van der Waals surface area contributed by atoms with Crippen LogP contribution in [0.1, 0.15) is 61.1 Å². The Morgan fingerprint density at radius 2 is 0.897 bits per heavy atom. The number of allylic oxidation sites excluding steroid dienone is 2. The number of nitrogens with zero attached hydrogens (tertiary/aromatic N) is 2. The highest BCUT2D eigenvalue weighted by molar-refractivity contribution is 6.11. The van der Waals surface area contributed by atoms with Crippen LogP contribution in [0, 0.1) is 0 Å². The summed E-state index contributed by atoms with van der Waals surface area (Å²) in [4.78, 5) is 2.32. The molecule has 0 atom stereocenters. The Labute approximate surface area is 340 Å². The van der Waals surface area contributed by atoms with Crippen LogP contribution in [0.3, 0.4) is 0 Å². The van der Waals surface area contributed by atoms with E-state index in [0.29, 0.717) is 0 Å². The van der Waals surface area contributed by atoms with Crippen molar-refractivity contribution < 1.29 is 0 Å². The van der Waals surface area contributed by atoms with Crippen LogP contribution < -0.4 is 4.90 Å². The zero-order chi connectivity index (χ0) is 39.2. The molecule has 9 aromatic rings. The molecule has 0 bridgehead atoms. The summed E-state index contributed by atoms with van der Waals surface area (Å²) in [7, 11) is 0. The molecule has 278 valence electrons. The molecule has 58 heavy (non-hydrogen) atoms. The van der Waals surface area contributed by atoms with E-state index in [1.165, 1.54) is 82.8 Å². The predicted molar refractivity (Wildman–Crippen MR) is 248 cm³/mol. The first kappa shape index (κ1) is 34.4. The molecule has 0 saturated heterocycles. The monoisotopic (exact) mass is 744 g/mol. The lowest BCUT2D eigenvalue weighted by Crippen LogP contribution is -2.19. The smallest absolute Gasteiger partial charge is 0.0541 e. The minimum Gasteiger partial charge on any atom is -0.310 e. The Morgan fingerprint density at radius 3 is 1.52 bits per heavy atom. The molecule has 2 nitrogen and oxygen atoms in total. The molecule has 1 aromatic heterocycles. The molecule has 0 saturated carbocycles. The zero-order valence-electron chi connectivity index (χ0n) is 33.4. The van der Waals surface area contributed by atoms with Crippen molar-refractivity contribution in [2.24, 2.45) is 0 Å². The van der Waals surface area contributed by atoms with Gasteiger partial charge in [-0.25, -0.2) is 0 Å². The molecule has 0 unspecified atom stereocenters. The van der Waals surface area contributed by atoms with Gasteiger partial charge in [0.25, 0.3) is 0 Å². The minimum atomic E-state index is -0.135. The van der Waals surface area contributed by atoms with Crippen molar-refractivity contribution in [3.8, 4) is 5.69 Å². The summed E-state index contributed by atoms with van der Waals surface area (Å²) in [5, 5.41) is 5.03. The van der Waals surface area contributed by atoms with Gasteiger partial charge >= 0.3 is 0 Å². The van der Waals surface area contributed by atoms with Gasteiger partial charge in [0.15, 0.2) is 0 Å². The number of fused-ring (bicyclic) bond motifs is 8. The van der Waals surface area contributed by atoms with E-state index >= 15 is 0 Å². The van der Waals surface area contributed by atoms with Gasteiger partial charge in [-0.05, 0) is 122 Å².